The number of nitrogens with zero attached hydrogens (tertiary/aromatic N) is 1. The number of aromatic nitrogens is 1. The van der Waals surface area contributed by atoms with Gasteiger partial charge in [0.2, 0.25) is 5.06 Å². The number of thiazole rings is 1. The summed E-state index contributed by atoms with van der Waals surface area (Å²) in [5.41, 5.74) is 7.85. The lowest BCUT2D eigenvalue weighted by molar-refractivity contribution is 0.242. The third-order valence-corrected chi connectivity index (χ3v) is 4.77. The summed E-state index contributed by atoms with van der Waals surface area (Å²) < 4.78 is 17.6. The highest BCUT2D eigenvalue weighted by Crippen LogP contribution is 2.36. The minimum absolute atomic E-state index is 0.138. The monoisotopic (exact) mass is 398 g/mol. The smallest absolute Gasteiger partial charge is 0.282 e. The second kappa shape index (κ2) is 9.57. The third-order valence-electron chi connectivity index (χ3n) is 4.02. The molecule has 0 spiro atoms. The molecule has 5 nitrogen and oxygen atoms in total. The largest absolute Gasteiger partial charge is 0.491 e. The van der Waals surface area contributed by atoms with Gasteiger partial charge in [0.15, 0.2) is 0 Å². The number of rotatable bonds is 9. The average molecular weight is 399 g/mol. The van der Waals surface area contributed by atoms with Crippen molar-refractivity contribution in [2.45, 2.75) is 39.7 Å². The molecule has 0 amide bonds. The van der Waals surface area contributed by atoms with E-state index in [2.05, 4.69) is 11.9 Å². The lowest BCUT2D eigenvalue weighted by Crippen LogP contribution is -2.05. The van der Waals surface area contributed by atoms with E-state index >= 15 is 0 Å². The van der Waals surface area contributed by atoms with E-state index in [1.54, 1.807) is 6.20 Å². The highest BCUT2D eigenvalue weighted by atomic mass is 32.1. The van der Waals surface area contributed by atoms with Gasteiger partial charge < -0.3 is 19.9 Å². The van der Waals surface area contributed by atoms with E-state index in [0.717, 1.165) is 35.7 Å². The van der Waals surface area contributed by atoms with Crippen molar-refractivity contribution in [1.82, 2.24) is 4.98 Å². The zero-order valence-electron chi connectivity index (χ0n) is 16.5. The summed E-state index contributed by atoms with van der Waals surface area (Å²) in [4.78, 5) is 4.32. The van der Waals surface area contributed by atoms with Gasteiger partial charge in [0, 0.05) is 0 Å². The summed E-state index contributed by atoms with van der Waals surface area (Å²) in [5.74, 6) is 2.39. The first-order chi connectivity index (χ1) is 13.6. The van der Waals surface area contributed by atoms with Crippen molar-refractivity contribution in [2.75, 3.05) is 6.54 Å². The van der Waals surface area contributed by atoms with Gasteiger partial charge in [0.05, 0.1) is 12.3 Å². The molecule has 6 heteroatoms. The van der Waals surface area contributed by atoms with E-state index < -0.39 is 0 Å². The quantitative estimate of drug-likeness (QED) is 0.510. The first-order valence-electron chi connectivity index (χ1n) is 9.47. The Bertz CT molecular complexity index is 891. The SMILES string of the molecule is CCc1cc(OC(C)C)ccc1Oc1ncc(Oc2ccc(CCN)cc2)s1. The lowest BCUT2D eigenvalue weighted by atomic mass is 10.1. The highest BCUT2D eigenvalue weighted by Gasteiger charge is 2.11. The van der Waals surface area contributed by atoms with Gasteiger partial charge in [-0.15, -0.1) is 0 Å². The molecule has 3 aromatic rings. The Hall–Kier alpha value is -2.57. The van der Waals surface area contributed by atoms with E-state index in [1.807, 2.05) is 56.3 Å². The molecule has 0 saturated carbocycles. The maximum absolute atomic E-state index is 5.99. The summed E-state index contributed by atoms with van der Waals surface area (Å²) in [6.45, 7) is 6.75. The number of ether oxygens (including phenoxy) is 3. The normalized spacial score (nSPS) is 10.9. The van der Waals surface area contributed by atoms with Crippen LogP contribution in [0.25, 0.3) is 0 Å². The minimum Gasteiger partial charge on any atom is -0.491 e. The van der Waals surface area contributed by atoms with E-state index in [-0.39, 0.29) is 6.10 Å². The number of aryl methyl sites for hydroxylation is 1. The van der Waals surface area contributed by atoms with Crippen LogP contribution in [0.1, 0.15) is 31.9 Å². The fraction of sp³-hybridized carbons (Fsp3) is 0.318. The molecule has 1 heterocycles. The summed E-state index contributed by atoms with van der Waals surface area (Å²) >= 11 is 1.36. The number of benzene rings is 2. The van der Waals surface area contributed by atoms with Gasteiger partial charge in [-0.3, -0.25) is 0 Å². The van der Waals surface area contributed by atoms with Gasteiger partial charge >= 0.3 is 0 Å². The van der Waals surface area contributed by atoms with Gasteiger partial charge in [-0.05, 0) is 86.0 Å². The fourth-order valence-corrected chi connectivity index (χ4v) is 3.37. The van der Waals surface area contributed by atoms with Crippen LogP contribution in [0.5, 0.6) is 27.5 Å². The zero-order valence-corrected chi connectivity index (χ0v) is 17.3. The standard InChI is InChI=1S/C22H26N2O3S/c1-4-17-13-19(25-15(2)3)9-10-20(17)27-22-24-14-21(28-22)26-18-7-5-16(6-8-18)11-12-23/h5-10,13-15H,4,11-12,23H2,1-3H3. The zero-order chi connectivity index (χ0) is 19.9. The molecule has 0 atom stereocenters. The minimum atomic E-state index is 0.138. The third kappa shape index (κ3) is 5.47. The van der Waals surface area contributed by atoms with E-state index in [9.17, 15) is 0 Å². The maximum atomic E-state index is 5.99. The highest BCUT2D eigenvalue weighted by molar-refractivity contribution is 7.15. The van der Waals surface area contributed by atoms with Gasteiger partial charge in [0.1, 0.15) is 17.2 Å². The maximum Gasteiger partial charge on any atom is 0.282 e. The number of hydrogen-bond acceptors (Lipinski definition) is 6. The van der Waals surface area contributed by atoms with Crippen molar-refractivity contribution in [2.24, 2.45) is 5.73 Å². The Kier molecular flexibility index (Phi) is 6.90. The lowest BCUT2D eigenvalue weighted by Gasteiger charge is -2.13. The van der Waals surface area contributed by atoms with Gasteiger partial charge in [-0.25, -0.2) is 4.98 Å². The van der Waals surface area contributed by atoms with Gasteiger partial charge in [-0.1, -0.05) is 19.1 Å². The molecule has 2 N–H and O–H groups in total. The molecular weight excluding hydrogens is 372 g/mol. The topological polar surface area (TPSA) is 66.6 Å². The molecule has 1 aromatic heterocycles. The van der Waals surface area contributed by atoms with E-state index in [0.29, 0.717) is 16.8 Å². The van der Waals surface area contributed by atoms with Gasteiger partial charge in [0.25, 0.3) is 5.19 Å². The predicted molar refractivity (Wildman–Crippen MR) is 113 cm³/mol. The van der Waals surface area contributed by atoms with Gasteiger partial charge in [-0.2, -0.15) is 0 Å². The van der Waals surface area contributed by atoms with Crippen LogP contribution in [0.3, 0.4) is 0 Å². The van der Waals surface area contributed by atoms with Crippen molar-refractivity contribution < 1.29 is 14.2 Å². The molecule has 2 aromatic carbocycles. The number of nitrogens with two attached hydrogens (primary N) is 1. The van der Waals surface area contributed by atoms with E-state index in [1.165, 1.54) is 16.9 Å². The first kappa shape index (κ1) is 20.2. The molecule has 0 aliphatic heterocycles. The summed E-state index contributed by atoms with van der Waals surface area (Å²) in [6, 6.07) is 13.8. The predicted octanol–water partition coefficient (Wildman–Crippen LogP) is 5.58. The molecular formula is C22H26N2O3S. The van der Waals surface area contributed by atoms with Crippen LogP contribution in [-0.2, 0) is 12.8 Å². The van der Waals surface area contributed by atoms with Crippen LogP contribution in [0.15, 0.2) is 48.7 Å². The Morgan fingerprint density at radius 3 is 2.46 bits per heavy atom. The Morgan fingerprint density at radius 1 is 1.04 bits per heavy atom. The Balaban J connectivity index is 1.67. The van der Waals surface area contributed by atoms with Crippen molar-refractivity contribution in [3.05, 3.63) is 59.8 Å². The molecule has 148 valence electrons. The van der Waals surface area contributed by atoms with Crippen molar-refractivity contribution >= 4 is 11.3 Å². The molecule has 0 unspecified atom stereocenters. The molecule has 0 radical (unpaired) electrons. The van der Waals surface area contributed by atoms with Crippen molar-refractivity contribution in [3.63, 3.8) is 0 Å². The second-order valence-corrected chi connectivity index (χ2v) is 7.58. The molecule has 0 bridgehead atoms. The van der Waals surface area contributed by atoms with Crippen LogP contribution in [0.4, 0.5) is 0 Å². The van der Waals surface area contributed by atoms with Crippen LogP contribution in [0.2, 0.25) is 0 Å². The summed E-state index contributed by atoms with van der Waals surface area (Å²) in [5, 5.41) is 1.22. The van der Waals surface area contributed by atoms with E-state index in [4.69, 9.17) is 19.9 Å². The van der Waals surface area contributed by atoms with Crippen LogP contribution in [0, 0.1) is 0 Å². The number of hydrogen-bond donors (Lipinski definition) is 1. The summed E-state index contributed by atoms with van der Waals surface area (Å²) in [7, 11) is 0. The molecule has 0 saturated heterocycles. The Morgan fingerprint density at radius 2 is 1.79 bits per heavy atom. The Labute approximate surface area is 170 Å². The van der Waals surface area contributed by atoms with Crippen molar-refractivity contribution in [1.29, 1.82) is 0 Å². The molecule has 0 fully saturated rings. The fourth-order valence-electron chi connectivity index (χ4n) is 2.72. The molecule has 0 aliphatic carbocycles. The van der Waals surface area contributed by atoms with Crippen molar-refractivity contribution in [3.8, 4) is 27.5 Å². The summed E-state index contributed by atoms with van der Waals surface area (Å²) in [6.07, 6.45) is 3.52. The molecule has 3 rings (SSSR count). The van der Waals surface area contributed by atoms with Crippen LogP contribution in [-0.4, -0.2) is 17.6 Å². The first-order valence-corrected chi connectivity index (χ1v) is 10.3. The van der Waals surface area contributed by atoms with Crippen LogP contribution >= 0.6 is 11.3 Å². The molecule has 0 aliphatic rings. The molecule has 28 heavy (non-hydrogen) atoms. The van der Waals surface area contributed by atoms with Crippen LogP contribution < -0.4 is 19.9 Å². The second-order valence-electron chi connectivity index (χ2n) is 6.62. The average Bonchev–Trinajstić information content (AvgIpc) is 3.11.